The maximum atomic E-state index is 8.87. The van der Waals surface area contributed by atoms with E-state index in [1.54, 1.807) is 0 Å². The number of quaternary nitrogens is 1. The fourth-order valence-corrected chi connectivity index (χ4v) is 1.49. The highest BCUT2D eigenvalue weighted by molar-refractivity contribution is 4.57. The molecule has 0 spiro atoms. The van der Waals surface area contributed by atoms with E-state index in [0.717, 1.165) is 11.0 Å². The van der Waals surface area contributed by atoms with E-state index >= 15 is 0 Å². The molecule has 0 saturated carbocycles. The van der Waals surface area contributed by atoms with E-state index in [9.17, 15) is 0 Å². The van der Waals surface area contributed by atoms with Crippen molar-refractivity contribution in [3.05, 3.63) is 6.92 Å². The smallest absolute Gasteiger partial charge is 0.104 e. The van der Waals surface area contributed by atoms with Crippen molar-refractivity contribution in [1.29, 1.82) is 0 Å². The molecule has 2 heteroatoms. The summed E-state index contributed by atoms with van der Waals surface area (Å²) in [5.74, 6) is 0.704. The second-order valence-electron chi connectivity index (χ2n) is 5.74. The van der Waals surface area contributed by atoms with Gasteiger partial charge in [-0.05, 0) is 12.8 Å². The van der Waals surface area contributed by atoms with E-state index < -0.39 is 0 Å². The van der Waals surface area contributed by atoms with Gasteiger partial charge in [0.15, 0.2) is 0 Å². The Morgan fingerprint density at radius 2 is 1.69 bits per heavy atom. The van der Waals surface area contributed by atoms with Gasteiger partial charge in [-0.15, -0.1) is 0 Å². The number of aliphatic hydroxyl groups excluding tert-OH is 1. The van der Waals surface area contributed by atoms with Gasteiger partial charge < -0.3 is 9.59 Å². The molecule has 0 aliphatic heterocycles. The summed E-state index contributed by atoms with van der Waals surface area (Å²) in [4.78, 5) is 0. The highest BCUT2D eigenvalue weighted by Crippen LogP contribution is 2.09. The van der Waals surface area contributed by atoms with E-state index in [0.29, 0.717) is 5.92 Å². The molecule has 99 valence electrons. The summed E-state index contributed by atoms with van der Waals surface area (Å²) >= 11 is 0. The van der Waals surface area contributed by atoms with Gasteiger partial charge in [0.2, 0.25) is 0 Å². The van der Waals surface area contributed by atoms with E-state index in [1.165, 1.54) is 25.7 Å². The van der Waals surface area contributed by atoms with E-state index in [1.807, 2.05) is 6.92 Å². The molecule has 0 bridgehead atoms. The van der Waals surface area contributed by atoms with Crippen LogP contribution in [-0.2, 0) is 0 Å². The summed E-state index contributed by atoms with van der Waals surface area (Å²) in [6.07, 6.45) is 5.02. The number of nitrogens with zero attached hydrogens (tertiary/aromatic N) is 1. The van der Waals surface area contributed by atoms with Gasteiger partial charge in [0.05, 0.1) is 21.1 Å². The van der Waals surface area contributed by atoms with Crippen molar-refractivity contribution in [2.45, 2.75) is 52.6 Å². The largest absolute Gasteiger partial charge is 0.388 e. The number of hydrogen-bond acceptors (Lipinski definition) is 1. The molecule has 0 aromatic rings. The third-order valence-electron chi connectivity index (χ3n) is 2.36. The lowest BCUT2D eigenvalue weighted by atomic mass is 10.0. The van der Waals surface area contributed by atoms with Crippen LogP contribution in [0.4, 0.5) is 0 Å². The molecule has 0 aliphatic rings. The molecule has 1 N–H and O–H groups in total. The molecule has 0 amide bonds. The molecule has 2 atom stereocenters. The van der Waals surface area contributed by atoms with Gasteiger partial charge in [-0.25, -0.2) is 0 Å². The lowest BCUT2D eigenvalue weighted by Gasteiger charge is -2.24. The zero-order valence-electron chi connectivity index (χ0n) is 12.3. The van der Waals surface area contributed by atoms with Gasteiger partial charge in [-0.3, -0.25) is 0 Å². The number of likely N-dealkylation sites (N-methyl/N-ethyl adjacent to an activating group) is 1. The molecule has 0 heterocycles. The zero-order chi connectivity index (χ0) is 13.2. The molecule has 0 aliphatic carbocycles. The fraction of sp³-hybridized carbons (Fsp3) is 0.929. The van der Waals surface area contributed by atoms with Crippen LogP contribution in [0, 0.1) is 12.8 Å². The summed E-state index contributed by atoms with van der Waals surface area (Å²) in [5, 5.41) is 8.87. The van der Waals surface area contributed by atoms with Crippen LogP contribution in [0.2, 0.25) is 0 Å². The van der Waals surface area contributed by atoms with E-state index in [4.69, 9.17) is 5.11 Å². The quantitative estimate of drug-likeness (QED) is 0.696. The maximum Gasteiger partial charge on any atom is 0.104 e. The van der Waals surface area contributed by atoms with Crippen molar-refractivity contribution >= 4 is 0 Å². The predicted molar refractivity (Wildman–Crippen MR) is 73.2 cm³/mol. The van der Waals surface area contributed by atoms with Crippen LogP contribution in [0.1, 0.15) is 46.5 Å². The Morgan fingerprint density at radius 3 is 1.88 bits per heavy atom. The van der Waals surface area contributed by atoms with Gasteiger partial charge in [-0.2, -0.15) is 0 Å². The molecule has 0 aromatic carbocycles. The Hall–Kier alpha value is -0.0800. The van der Waals surface area contributed by atoms with Crippen LogP contribution in [0.3, 0.4) is 0 Å². The normalized spacial score (nSPS) is 15.0. The Balaban J connectivity index is 0. The van der Waals surface area contributed by atoms with Crippen molar-refractivity contribution in [3.8, 4) is 0 Å². The van der Waals surface area contributed by atoms with E-state index in [2.05, 4.69) is 41.9 Å². The Kier molecular flexibility index (Phi) is 11.5. The summed E-state index contributed by atoms with van der Waals surface area (Å²) in [7, 11) is 6.19. The van der Waals surface area contributed by atoms with Gasteiger partial charge in [0, 0.05) is 0 Å². The molecule has 0 aromatic heterocycles. The zero-order valence-corrected chi connectivity index (χ0v) is 12.3. The average Bonchev–Trinajstić information content (AvgIpc) is 2.11. The van der Waals surface area contributed by atoms with Crippen molar-refractivity contribution in [2.75, 3.05) is 27.7 Å². The van der Waals surface area contributed by atoms with Gasteiger partial charge >= 0.3 is 0 Å². The summed E-state index contributed by atoms with van der Waals surface area (Å²) in [6.45, 7) is 11.0. The molecule has 0 rings (SSSR count). The molecule has 0 saturated heterocycles. The highest BCUT2D eigenvalue weighted by Gasteiger charge is 2.09. The summed E-state index contributed by atoms with van der Waals surface area (Å²) < 4.78 is 0.831. The highest BCUT2D eigenvalue weighted by atomic mass is 16.3. The Labute approximate surface area is 103 Å². The van der Waals surface area contributed by atoms with Crippen LogP contribution >= 0.6 is 0 Å². The standard InChI is InChI=1S/C8H17.C6H16NO/c1-4-6-7-8(3)5-2;1-6(8)5-7(2,3)4/h8H,3-7H2,1-2H3;6,8H,5H2,1-4H3/q;+1. The maximum absolute atomic E-state index is 8.87. The van der Waals surface area contributed by atoms with Crippen molar-refractivity contribution in [3.63, 3.8) is 0 Å². The molecule has 2 unspecified atom stereocenters. The number of unbranched alkanes of at least 4 members (excludes halogenated alkanes) is 1. The molecular formula is C14H33NO+. The number of aliphatic hydroxyl groups is 1. The molecular weight excluding hydrogens is 198 g/mol. The number of hydrogen-bond donors (Lipinski definition) is 1. The molecule has 16 heavy (non-hydrogen) atoms. The molecule has 1 radical (unpaired) electrons. The first-order valence-electron chi connectivity index (χ1n) is 6.54. The fourth-order valence-electron chi connectivity index (χ4n) is 1.49. The lowest BCUT2D eigenvalue weighted by molar-refractivity contribution is -0.873. The van der Waals surface area contributed by atoms with Gasteiger partial charge in [0.25, 0.3) is 0 Å². The third-order valence-corrected chi connectivity index (χ3v) is 2.36. The van der Waals surface area contributed by atoms with Crippen LogP contribution in [0.15, 0.2) is 0 Å². The minimum Gasteiger partial charge on any atom is -0.388 e. The topological polar surface area (TPSA) is 20.2 Å². The molecule has 2 nitrogen and oxygen atoms in total. The SMILES string of the molecule is CC(O)C[N+](C)(C)C.[CH2]C(CC)CCCC. The van der Waals surface area contributed by atoms with Gasteiger partial charge in [-0.1, -0.05) is 46.5 Å². The van der Waals surface area contributed by atoms with Crippen molar-refractivity contribution < 1.29 is 9.59 Å². The minimum atomic E-state index is -0.185. The average molecular weight is 231 g/mol. The lowest BCUT2D eigenvalue weighted by Crippen LogP contribution is -2.40. The van der Waals surface area contributed by atoms with E-state index in [-0.39, 0.29) is 6.10 Å². The van der Waals surface area contributed by atoms with Crippen LogP contribution in [0.25, 0.3) is 0 Å². The van der Waals surface area contributed by atoms with Crippen LogP contribution in [-0.4, -0.2) is 43.4 Å². The van der Waals surface area contributed by atoms with Crippen molar-refractivity contribution in [2.24, 2.45) is 5.92 Å². The first-order chi connectivity index (χ1) is 7.22. The Morgan fingerprint density at radius 1 is 1.19 bits per heavy atom. The third kappa shape index (κ3) is 19.5. The Bertz CT molecular complexity index is 138. The van der Waals surface area contributed by atoms with Gasteiger partial charge in [0.1, 0.15) is 12.6 Å². The minimum absolute atomic E-state index is 0.185. The molecule has 0 fully saturated rings. The van der Waals surface area contributed by atoms with Crippen LogP contribution < -0.4 is 0 Å². The summed E-state index contributed by atoms with van der Waals surface area (Å²) in [5.41, 5.74) is 0. The predicted octanol–water partition coefficient (Wildman–Crippen LogP) is 3.11. The van der Waals surface area contributed by atoms with Crippen molar-refractivity contribution in [1.82, 2.24) is 0 Å². The monoisotopic (exact) mass is 231 g/mol. The first kappa shape index (κ1) is 18.3. The summed E-state index contributed by atoms with van der Waals surface area (Å²) in [6, 6.07) is 0. The second-order valence-corrected chi connectivity index (χ2v) is 5.74. The number of rotatable bonds is 6. The first-order valence-corrected chi connectivity index (χ1v) is 6.54. The second kappa shape index (κ2) is 10.1. The van der Waals surface area contributed by atoms with Crippen LogP contribution in [0.5, 0.6) is 0 Å².